The van der Waals surface area contributed by atoms with Crippen molar-refractivity contribution in [2.45, 2.75) is 26.2 Å². The van der Waals surface area contributed by atoms with E-state index in [1.54, 1.807) is 6.20 Å². The number of hydrogen-bond acceptors (Lipinski definition) is 3. The van der Waals surface area contributed by atoms with Crippen LogP contribution in [0.1, 0.15) is 26.2 Å². The van der Waals surface area contributed by atoms with Crippen molar-refractivity contribution in [2.24, 2.45) is 5.92 Å². The minimum Gasteiger partial charge on any atom is -0.397 e. The molecule has 3 nitrogen and oxygen atoms in total. The molecule has 1 fully saturated rings. The molecule has 1 aromatic rings. The van der Waals surface area contributed by atoms with Crippen molar-refractivity contribution in [1.29, 1.82) is 0 Å². The zero-order chi connectivity index (χ0) is 10.7. The zero-order valence-electron chi connectivity index (χ0n) is 9.32. The van der Waals surface area contributed by atoms with Crippen molar-refractivity contribution < 1.29 is 0 Å². The van der Waals surface area contributed by atoms with Crippen LogP contribution in [0.15, 0.2) is 18.5 Å². The van der Waals surface area contributed by atoms with Gasteiger partial charge in [-0.1, -0.05) is 6.92 Å². The van der Waals surface area contributed by atoms with Crippen LogP contribution in [0.25, 0.3) is 0 Å². The monoisotopic (exact) mass is 205 g/mol. The van der Waals surface area contributed by atoms with Gasteiger partial charge in [0.15, 0.2) is 0 Å². The summed E-state index contributed by atoms with van der Waals surface area (Å²) in [4.78, 5) is 6.54. The van der Waals surface area contributed by atoms with Crippen LogP contribution in [-0.2, 0) is 0 Å². The van der Waals surface area contributed by atoms with E-state index in [4.69, 9.17) is 5.73 Å². The Morgan fingerprint density at radius 3 is 3.00 bits per heavy atom. The summed E-state index contributed by atoms with van der Waals surface area (Å²) in [6.45, 7) is 4.60. The van der Waals surface area contributed by atoms with Gasteiger partial charge in [-0.2, -0.15) is 0 Å². The third-order valence-corrected chi connectivity index (χ3v) is 3.13. The number of rotatable bonds is 1. The highest BCUT2D eigenvalue weighted by Gasteiger charge is 2.14. The maximum absolute atomic E-state index is 5.74. The van der Waals surface area contributed by atoms with Crippen molar-refractivity contribution in [3.8, 4) is 0 Å². The molecule has 0 amide bonds. The van der Waals surface area contributed by atoms with Crippen molar-refractivity contribution in [3.05, 3.63) is 18.5 Å². The van der Waals surface area contributed by atoms with E-state index in [1.165, 1.54) is 24.9 Å². The lowest BCUT2D eigenvalue weighted by Crippen LogP contribution is -2.24. The Bertz CT molecular complexity index is 324. The van der Waals surface area contributed by atoms with E-state index >= 15 is 0 Å². The molecule has 3 heteroatoms. The predicted octanol–water partition coefficient (Wildman–Crippen LogP) is 2.29. The molecule has 0 radical (unpaired) electrons. The predicted molar refractivity (Wildman–Crippen MR) is 63.9 cm³/mol. The number of nitrogen functional groups attached to an aromatic ring is 1. The van der Waals surface area contributed by atoms with Gasteiger partial charge in [0, 0.05) is 19.3 Å². The Kier molecular flexibility index (Phi) is 3.09. The van der Waals surface area contributed by atoms with Gasteiger partial charge < -0.3 is 10.6 Å². The first-order chi connectivity index (χ1) is 7.25. The molecule has 2 N–H and O–H groups in total. The summed E-state index contributed by atoms with van der Waals surface area (Å²) in [5, 5.41) is 0. The van der Waals surface area contributed by atoms with E-state index in [0.29, 0.717) is 0 Å². The van der Waals surface area contributed by atoms with Crippen molar-refractivity contribution >= 4 is 11.4 Å². The molecule has 1 unspecified atom stereocenters. The first-order valence-corrected chi connectivity index (χ1v) is 5.71. The lowest BCUT2D eigenvalue weighted by Gasteiger charge is -2.22. The Hall–Kier alpha value is -1.25. The van der Waals surface area contributed by atoms with E-state index in [2.05, 4.69) is 16.8 Å². The van der Waals surface area contributed by atoms with E-state index in [-0.39, 0.29) is 0 Å². The molecular weight excluding hydrogens is 186 g/mol. The fraction of sp³-hybridized carbons (Fsp3) is 0.583. The second kappa shape index (κ2) is 4.51. The fourth-order valence-corrected chi connectivity index (χ4v) is 2.14. The average Bonchev–Trinajstić information content (AvgIpc) is 2.43. The Morgan fingerprint density at radius 1 is 1.33 bits per heavy atom. The van der Waals surface area contributed by atoms with Gasteiger partial charge in [-0.25, -0.2) is 0 Å². The van der Waals surface area contributed by atoms with Gasteiger partial charge in [0.1, 0.15) is 0 Å². The third kappa shape index (κ3) is 2.61. The molecule has 15 heavy (non-hydrogen) atoms. The largest absolute Gasteiger partial charge is 0.397 e. The first kappa shape index (κ1) is 10.3. The average molecular weight is 205 g/mol. The molecule has 2 heterocycles. The summed E-state index contributed by atoms with van der Waals surface area (Å²) < 4.78 is 0. The van der Waals surface area contributed by atoms with Gasteiger partial charge >= 0.3 is 0 Å². The van der Waals surface area contributed by atoms with Crippen LogP contribution >= 0.6 is 0 Å². The fourth-order valence-electron chi connectivity index (χ4n) is 2.14. The van der Waals surface area contributed by atoms with E-state index < -0.39 is 0 Å². The van der Waals surface area contributed by atoms with Crippen LogP contribution in [0.4, 0.5) is 11.4 Å². The molecular formula is C12H19N3. The Balaban J connectivity index is 2.09. The summed E-state index contributed by atoms with van der Waals surface area (Å²) in [7, 11) is 0. The van der Waals surface area contributed by atoms with Crippen molar-refractivity contribution in [2.75, 3.05) is 23.7 Å². The highest BCUT2D eigenvalue weighted by Crippen LogP contribution is 2.22. The minimum atomic E-state index is 0.754. The Morgan fingerprint density at radius 2 is 2.20 bits per heavy atom. The minimum absolute atomic E-state index is 0.754. The SMILES string of the molecule is CC1CCCN(c2cncc(N)c2)CC1. The first-order valence-electron chi connectivity index (χ1n) is 5.71. The number of nitrogens with two attached hydrogens (primary N) is 1. The van der Waals surface area contributed by atoms with Crippen LogP contribution in [0, 0.1) is 5.92 Å². The molecule has 1 aliphatic heterocycles. The van der Waals surface area contributed by atoms with Crippen LogP contribution in [0.5, 0.6) is 0 Å². The molecule has 0 saturated carbocycles. The number of aromatic nitrogens is 1. The second-order valence-corrected chi connectivity index (χ2v) is 4.50. The lowest BCUT2D eigenvalue weighted by molar-refractivity contribution is 0.521. The van der Waals surface area contributed by atoms with Gasteiger partial charge in [0.2, 0.25) is 0 Å². The van der Waals surface area contributed by atoms with Gasteiger partial charge in [-0.15, -0.1) is 0 Å². The maximum Gasteiger partial charge on any atom is 0.0573 e. The number of pyridine rings is 1. The van der Waals surface area contributed by atoms with E-state index in [0.717, 1.165) is 24.7 Å². The molecule has 0 aromatic carbocycles. The highest BCUT2D eigenvalue weighted by molar-refractivity contribution is 5.53. The highest BCUT2D eigenvalue weighted by atomic mass is 15.1. The number of anilines is 2. The smallest absolute Gasteiger partial charge is 0.0573 e. The summed E-state index contributed by atoms with van der Waals surface area (Å²) in [5.74, 6) is 0.851. The van der Waals surface area contributed by atoms with E-state index in [1.807, 2.05) is 12.3 Å². The molecule has 2 rings (SSSR count). The normalized spacial score (nSPS) is 22.5. The number of nitrogens with zero attached hydrogens (tertiary/aromatic N) is 2. The molecule has 0 bridgehead atoms. The molecule has 1 aliphatic rings. The molecule has 0 aliphatic carbocycles. The quantitative estimate of drug-likeness (QED) is 0.765. The van der Waals surface area contributed by atoms with Gasteiger partial charge in [0.25, 0.3) is 0 Å². The summed E-state index contributed by atoms with van der Waals surface area (Å²) >= 11 is 0. The summed E-state index contributed by atoms with van der Waals surface area (Å²) in [5.41, 5.74) is 7.67. The molecule has 1 saturated heterocycles. The zero-order valence-corrected chi connectivity index (χ0v) is 9.32. The molecule has 1 atom stereocenters. The van der Waals surface area contributed by atoms with Gasteiger partial charge in [-0.3, -0.25) is 4.98 Å². The summed E-state index contributed by atoms with van der Waals surface area (Å²) in [6, 6.07) is 2.02. The lowest BCUT2D eigenvalue weighted by atomic mass is 10.0. The molecule has 82 valence electrons. The maximum atomic E-state index is 5.74. The molecule has 1 aromatic heterocycles. The standard InChI is InChI=1S/C12H19N3/c1-10-3-2-5-15(6-4-10)12-7-11(13)8-14-9-12/h7-10H,2-6,13H2,1H3. The Labute approximate surface area is 91.3 Å². The van der Waals surface area contributed by atoms with E-state index in [9.17, 15) is 0 Å². The van der Waals surface area contributed by atoms with Crippen LogP contribution in [-0.4, -0.2) is 18.1 Å². The van der Waals surface area contributed by atoms with Crippen molar-refractivity contribution in [1.82, 2.24) is 4.98 Å². The third-order valence-electron chi connectivity index (χ3n) is 3.13. The van der Waals surface area contributed by atoms with Gasteiger partial charge in [0.05, 0.1) is 17.6 Å². The molecule has 0 spiro atoms. The van der Waals surface area contributed by atoms with Gasteiger partial charge in [-0.05, 0) is 31.2 Å². The number of hydrogen-bond donors (Lipinski definition) is 1. The van der Waals surface area contributed by atoms with Crippen LogP contribution in [0.3, 0.4) is 0 Å². The van der Waals surface area contributed by atoms with Crippen LogP contribution < -0.4 is 10.6 Å². The van der Waals surface area contributed by atoms with Crippen LogP contribution in [0.2, 0.25) is 0 Å². The van der Waals surface area contributed by atoms with Crippen molar-refractivity contribution in [3.63, 3.8) is 0 Å². The second-order valence-electron chi connectivity index (χ2n) is 4.50. The summed E-state index contributed by atoms with van der Waals surface area (Å²) in [6.07, 6.45) is 7.49. The topological polar surface area (TPSA) is 42.2 Å².